The number of benzene rings is 1. The summed E-state index contributed by atoms with van der Waals surface area (Å²) in [5, 5.41) is 3.24. The van der Waals surface area contributed by atoms with Gasteiger partial charge in [-0.05, 0) is 75.8 Å². The largest absolute Gasteiger partial charge is 0.444 e. The molecule has 1 aromatic heterocycles. The number of carbonyl (C=O) groups excluding carboxylic acids is 2. The Bertz CT molecular complexity index is 900. The molecule has 6 nitrogen and oxygen atoms in total. The summed E-state index contributed by atoms with van der Waals surface area (Å²) in [6, 6.07) is 10.6. The van der Waals surface area contributed by atoms with Gasteiger partial charge in [-0.1, -0.05) is 23.7 Å². The normalized spacial score (nSPS) is 12.4. The highest BCUT2D eigenvalue weighted by atomic mass is 35.5. The van der Waals surface area contributed by atoms with Crippen molar-refractivity contribution in [1.82, 2.24) is 9.88 Å². The lowest BCUT2D eigenvalue weighted by Gasteiger charge is -2.20. The van der Waals surface area contributed by atoms with Crippen LogP contribution in [0.2, 0.25) is 5.02 Å². The number of aldehydes is 1. The Balaban J connectivity index is 2.46. The predicted molar refractivity (Wildman–Crippen MR) is 117 cm³/mol. The fourth-order valence-corrected chi connectivity index (χ4v) is 2.81. The molecule has 1 amide bonds. The van der Waals surface area contributed by atoms with Crippen LogP contribution in [0.1, 0.15) is 31.9 Å². The first kappa shape index (κ1) is 22.6. The van der Waals surface area contributed by atoms with Crippen LogP contribution in [-0.2, 0) is 9.53 Å². The second kappa shape index (κ2) is 9.67. The van der Waals surface area contributed by atoms with Gasteiger partial charge in [0, 0.05) is 23.3 Å². The maximum atomic E-state index is 12.1. The van der Waals surface area contributed by atoms with Gasteiger partial charge in [0.05, 0.1) is 0 Å². The predicted octanol–water partition coefficient (Wildman–Crippen LogP) is 4.75. The van der Waals surface area contributed by atoms with E-state index in [1.54, 1.807) is 51.2 Å². The summed E-state index contributed by atoms with van der Waals surface area (Å²) in [6.45, 7) is 5.89. The fraction of sp³-hybridized carbons (Fsp3) is 0.318. The van der Waals surface area contributed by atoms with E-state index in [0.717, 1.165) is 23.0 Å². The van der Waals surface area contributed by atoms with Gasteiger partial charge in [-0.2, -0.15) is 0 Å². The quantitative estimate of drug-likeness (QED) is 0.544. The minimum Gasteiger partial charge on any atom is -0.444 e. The minimum atomic E-state index is -0.614. The molecule has 0 bridgehead atoms. The number of hydrogen-bond acceptors (Lipinski definition) is 5. The Labute approximate surface area is 176 Å². The molecule has 0 aliphatic carbocycles. The van der Waals surface area contributed by atoms with Gasteiger partial charge < -0.3 is 9.64 Å². The molecule has 0 aliphatic rings. The van der Waals surface area contributed by atoms with Crippen molar-refractivity contribution in [2.45, 2.75) is 26.4 Å². The number of hydrogen-bond donors (Lipinski definition) is 1. The molecule has 0 spiro atoms. The van der Waals surface area contributed by atoms with Crippen LogP contribution in [0.4, 0.5) is 10.6 Å². The SMILES string of the molecule is CN(C)CC(=C(C=O)c1ccc(Cl)cc1)c1ccnc(NC(=O)OC(C)(C)C)c1. The Morgan fingerprint density at radius 1 is 1.17 bits per heavy atom. The van der Waals surface area contributed by atoms with E-state index in [-0.39, 0.29) is 0 Å². The van der Waals surface area contributed by atoms with Crippen LogP contribution >= 0.6 is 11.6 Å². The molecule has 1 heterocycles. The zero-order valence-corrected chi connectivity index (χ0v) is 18.1. The van der Waals surface area contributed by atoms with Gasteiger partial charge in [-0.15, -0.1) is 0 Å². The van der Waals surface area contributed by atoms with Crippen molar-refractivity contribution in [3.8, 4) is 0 Å². The van der Waals surface area contributed by atoms with Crippen molar-refractivity contribution in [2.24, 2.45) is 0 Å². The first-order chi connectivity index (χ1) is 13.6. The summed E-state index contributed by atoms with van der Waals surface area (Å²) < 4.78 is 5.28. The third kappa shape index (κ3) is 7.00. The molecule has 0 fully saturated rings. The van der Waals surface area contributed by atoms with Gasteiger partial charge in [0.15, 0.2) is 6.29 Å². The molecule has 154 valence electrons. The highest BCUT2D eigenvalue weighted by molar-refractivity contribution is 6.30. The van der Waals surface area contributed by atoms with Crippen LogP contribution in [0.5, 0.6) is 0 Å². The number of amides is 1. The lowest BCUT2D eigenvalue weighted by Crippen LogP contribution is -2.27. The number of anilines is 1. The number of allylic oxidation sites excluding steroid dienone is 1. The second-order valence-electron chi connectivity index (χ2n) is 7.81. The molecule has 1 aromatic carbocycles. The molecular formula is C22H26ClN3O3. The van der Waals surface area contributed by atoms with Crippen LogP contribution in [0.25, 0.3) is 11.1 Å². The van der Waals surface area contributed by atoms with Crippen molar-refractivity contribution in [3.05, 3.63) is 58.7 Å². The second-order valence-corrected chi connectivity index (χ2v) is 8.25. The van der Waals surface area contributed by atoms with Crippen molar-refractivity contribution in [2.75, 3.05) is 26.0 Å². The topological polar surface area (TPSA) is 71.5 Å². The molecule has 0 saturated heterocycles. The average molecular weight is 416 g/mol. The number of halogens is 1. The van der Waals surface area contributed by atoms with E-state index in [4.69, 9.17) is 16.3 Å². The molecule has 0 saturated carbocycles. The maximum absolute atomic E-state index is 12.1. The van der Waals surface area contributed by atoms with Gasteiger partial charge in [-0.3, -0.25) is 10.1 Å². The number of pyridine rings is 1. The zero-order chi connectivity index (χ0) is 21.6. The third-order valence-electron chi connectivity index (χ3n) is 3.81. The summed E-state index contributed by atoms with van der Waals surface area (Å²) in [6.07, 6.45) is 1.83. The molecular weight excluding hydrogens is 390 g/mol. The lowest BCUT2D eigenvalue weighted by atomic mass is 9.95. The molecule has 0 radical (unpaired) electrons. The lowest BCUT2D eigenvalue weighted by molar-refractivity contribution is -0.103. The maximum Gasteiger partial charge on any atom is 0.413 e. The molecule has 1 N–H and O–H groups in total. The van der Waals surface area contributed by atoms with Crippen LogP contribution in [0.3, 0.4) is 0 Å². The van der Waals surface area contributed by atoms with Crippen molar-refractivity contribution < 1.29 is 14.3 Å². The summed E-state index contributed by atoms with van der Waals surface area (Å²) in [5.74, 6) is 0.342. The van der Waals surface area contributed by atoms with E-state index in [1.165, 1.54) is 0 Å². The third-order valence-corrected chi connectivity index (χ3v) is 4.06. The number of aromatic nitrogens is 1. The summed E-state index contributed by atoms with van der Waals surface area (Å²) >= 11 is 5.98. The first-order valence-corrected chi connectivity index (χ1v) is 9.52. The standard InChI is InChI=1S/C22H26ClN3O3/c1-22(2,3)29-21(28)25-20-12-16(10-11-24-20)18(13-26(4)5)19(14-27)15-6-8-17(23)9-7-15/h6-12,14H,13H2,1-5H3,(H,24,25,28). The first-order valence-electron chi connectivity index (χ1n) is 9.14. The Morgan fingerprint density at radius 2 is 1.83 bits per heavy atom. The van der Waals surface area contributed by atoms with Gasteiger partial charge in [0.2, 0.25) is 0 Å². The van der Waals surface area contributed by atoms with Crippen molar-refractivity contribution in [1.29, 1.82) is 0 Å². The highest BCUT2D eigenvalue weighted by Gasteiger charge is 2.18. The molecule has 2 rings (SSSR count). The van der Waals surface area contributed by atoms with Gasteiger partial charge >= 0.3 is 6.09 Å². The van der Waals surface area contributed by atoms with Crippen molar-refractivity contribution >= 4 is 40.9 Å². The summed E-state index contributed by atoms with van der Waals surface area (Å²) in [7, 11) is 3.84. The van der Waals surface area contributed by atoms with Gasteiger partial charge in [-0.25, -0.2) is 9.78 Å². The van der Waals surface area contributed by atoms with Crippen LogP contribution < -0.4 is 5.32 Å². The van der Waals surface area contributed by atoms with Crippen LogP contribution in [0.15, 0.2) is 42.6 Å². The molecule has 0 atom stereocenters. The van der Waals surface area contributed by atoms with Gasteiger partial charge in [0.25, 0.3) is 0 Å². The number of nitrogens with one attached hydrogen (secondary N) is 1. The summed E-state index contributed by atoms with van der Waals surface area (Å²) in [5.41, 5.74) is 2.28. The fourth-order valence-electron chi connectivity index (χ4n) is 2.69. The van der Waals surface area contributed by atoms with E-state index in [9.17, 15) is 9.59 Å². The Morgan fingerprint density at radius 3 is 2.38 bits per heavy atom. The van der Waals surface area contributed by atoms with Gasteiger partial charge in [0.1, 0.15) is 11.4 Å². The number of nitrogens with zero attached hydrogens (tertiary/aromatic N) is 2. The van der Waals surface area contributed by atoms with E-state index in [1.807, 2.05) is 31.1 Å². The average Bonchev–Trinajstić information content (AvgIpc) is 2.61. The number of ether oxygens (including phenoxy) is 1. The molecule has 0 aliphatic heterocycles. The van der Waals surface area contributed by atoms with E-state index in [2.05, 4.69) is 10.3 Å². The van der Waals surface area contributed by atoms with Crippen molar-refractivity contribution in [3.63, 3.8) is 0 Å². The van der Waals surface area contributed by atoms with E-state index in [0.29, 0.717) is 23.0 Å². The molecule has 29 heavy (non-hydrogen) atoms. The number of carbonyl (C=O) groups is 2. The Kier molecular flexibility index (Phi) is 7.53. The minimum absolute atomic E-state index is 0.342. The summed E-state index contributed by atoms with van der Waals surface area (Å²) in [4.78, 5) is 30.2. The number of rotatable bonds is 6. The van der Waals surface area contributed by atoms with Crippen LogP contribution in [-0.4, -0.2) is 48.5 Å². The molecule has 0 unspecified atom stereocenters. The zero-order valence-electron chi connectivity index (χ0n) is 17.3. The molecule has 7 heteroatoms. The van der Waals surface area contributed by atoms with E-state index >= 15 is 0 Å². The van der Waals surface area contributed by atoms with E-state index < -0.39 is 11.7 Å². The van der Waals surface area contributed by atoms with Crippen LogP contribution in [0, 0.1) is 0 Å². The smallest absolute Gasteiger partial charge is 0.413 e. The molecule has 2 aromatic rings. The highest BCUT2D eigenvalue weighted by Crippen LogP contribution is 2.27. The number of likely N-dealkylation sites (N-methyl/N-ethyl adjacent to an activating group) is 1. The Hall–Kier alpha value is -2.70. The monoisotopic (exact) mass is 415 g/mol.